The minimum atomic E-state index is -0.0275. The molecule has 0 saturated heterocycles. The molecule has 2 rings (SSSR count). The Balaban J connectivity index is 2.93. The Morgan fingerprint density at radius 1 is 1.38 bits per heavy atom. The standard InChI is InChI=1S/C11H10NO/c1-2-12-8-7-11(13)9-5-3-4-6-10(9)12/h3-6,8H,2H2,1H3. The maximum Gasteiger partial charge on any atom is 0.197 e. The fraction of sp³-hybridized carbons (Fsp3) is 0.182. The highest BCUT2D eigenvalue weighted by atomic mass is 16.1. The van der Waals surface area contributed by atoms with Crippen LogP contribution in [0.25, 0.3) is 10.9 Å². The SMILES string of the molecule is CCn1c[c]c(=O)c2ccccc21. The van der Waals surface area contributed by atoms with Crippen LogP contribution in [0.4, 0.5) is 0 Å². The van der Waals surface area contributed by atoms with Crippen LogP contribution >= 0.6 is 0 Å². The van der Waals surface area contributed by atoms with Crippen LogP contribution in [0.5, 0.6) is 0 Å². The molecule has 0 amide bonds. The number of hydrogen-bond acceptors (Lipinski definition) is 1. The van der Waals surface area contributed by atoms with Gasteiger partial charge >= 0.3 is 0 Å². The Kier molecular flexibility index (Phi) is 1.89. The number of fused-ring (bicyclic) bond motifs is 1. The lowest BCUT2D eigenvalue weighted by atomic mass is 10.2. The lowest BCUT2D eigenvalue weighted by Gasteiger charge is -2.06. The zero-order chi connectivity index (χ0) is 9.26. The molecule has 2 heteroatoms. The Labute approximate surface area is 76.4 Å². The number of nitrogens with zero attached hydrogens (tertiary/aromatic N) is 1. The highest BCUT2D eigenvalue weighted by molar-refractivity contribution is 5.78. The maximum atomic E-state index is 11.4. The normalized spacial score (nSPS) is 10.5. The predicted molar refractivity (Wildman–Crippen MR) is 52.7 cm³/mol. The van der Waals surface area contributed by atoms with Crippen LogP contribution in [-0.4, -0.2) is 4.57 Å². The van der Waals surface area contributed by atoms with Gasteiger partial charge in [0.05, 0.1) is 11.6 Å². The molecule has 0 atom stereocenters. The molecule has 0 fully saturated rings. The topological polar surface area (TPSA) is 22.0 Å². The first kappa shape index (κ1) is 8.05. The van der Waals surface area contributed by atoms with Crippen LogP contribution in [0.2, 0.25) is 0 Å². The molecule has 0 unspecified atom stereocenters. The van der Waals surface area contributed by atoms with Crippen molar-refractivity contribution in [2.24, 2.45) is 0 Å². The average molecular weight is 172 g/mol. The Hall–Kier alpha value is -1.57. The first-order chi connectivity index (χ1) is 6.33. The summed E-state index contributed by atoms with van der Waals surface area (Å²) >= 11 is 0. The van der Waals surface area contributed by atoms with Gasteiger partial charge < -0.3 is 4.57 Å². The Morgan fingerprint density at radius 2 is 2.15 bits per heavy atom. The van der Waals surface area contributed by atoms with Crippen molar-refractivity contribution < 1.29 is 0 Å². The van der Waals surface area contributed by atoms with Crippen molar-refractivity contribution in [2.75, 3.05) is 0 Å². The quantitative estimate of drug-likeness (QED) is 0.643. The molecule has 0 aliphatic carbocycles. The van der Waals surface area contributed by atoms with Gasteiger partial charge in [-0.1, -0.05) is 12.1 Å². The third-order valence-electron chi connectivity index (χ3n) is 2.15. The van der Waals surface area contributed by atoms with Gasteiger partial charge in [0, 0.05) is 18.1 Å². The molecule has 2 aromatic rings. The second-order valence-corrected chi connectivity index (χ2v) is 2.91. The zero-order valence-corrected chi connectivity index (χ0v) is 7.45. The van der Waals surface area contributed by atoms with E-state index in [1.807, 2.05) is 35.8 Å². The first-order valence-electron chi connectivity index (χ1n) is 4.33. The van der Waals surface area contributed by atoms with Crippen molar-refractivity contribution in [3.8, 4) is 0 Å². The van der Waals surface area contributed by atoms with Crippen molar-refractivity contribution in [3.63, 3.8) is 0 Å². The third-order valence-corrected chi connectivity index (χ3v) is 2.15. The molecule has 0 bridgehead atoms. The summed E-state index contributed by atoms with van der Waals surface area (Å²) in [5, 5.41) is 0.742. The minimum absolute atomic E-state index is 0.0275. The molecule has 1 aromatic heterocycles. The van der Waals surface area contributed by atoms with Gasteiger partial charge in [-0.3, -0.25) is 4.79 Å². The van der Waals surface area contributed by atoms with Crippen molar-refractivity contribution in [1.82, 2.24) is 4.57 Å². The largest absolute Gasteiger partial charge is 0.347 e. The van der Waals surface area contributed by atoms with Gasteiger partial charge in [0.2, 0.25) is 0 Å². The highest BCUT2D eigenvalue weighted by Crippen LogP contribution is 2.08. The third kappa shape index (κ3) is 1.24. The molecular formula is C11H10NO. The zero-order valence-electron chi connectivity index (χ0n) is 7.45. The van der Waals surface area contributed by atoms with Gasteiger partial charge in [-0.15, -0.1) is 0 Å². The minimum Gasteiger partial charge on any atom is -0.347 e. The molecule has 1 aromatic carbocycles. The van der Waals surface area contributed by atoms with Gasteiger partial charge in [-0.2, -0.15) is 0 Å². The molecule has 13 heavy (non-hydrogen) atoms. The number of hydrogen-bond donors (Lipinski definition) is 0. The van der Waals surface area contributed by atoms with E-state index in [1.165, 1.54) is 0 Å². The molecule has 0 saturated carbocycles. The van der Waals surface area contributed by atoms with E-state index in [9.17, 15) is 4.79 Å². The van der Waals surface area contributed by atoms with Crippen LogP contribution in [-0.2, 0) is 6.54 Å². The molecule has 1 radical (unpaired) electrons. The fourth-order valence-corrected chi connectivity index (χ4v) is 1.46. The highest BCUT2D eigenvalue weighted by Gasteiger charge is 1.99. The van der Waals surface area contributed by atoms with E-state index in [0.29, 0.717) is 0 Å². The molecular weight excluding hydrogens is 162 g/mol. The van der Waals surface area contributed by atoms with Crippen molar-refractivity contribution >= 4 is 10.9 Å². The maximum absolute atomic E-state index is 11.4. The lowest BCUT2D eigenvalue weighted by molar-refractivity contribution is 0.787. The van der Waals surface area contributed by atoms with Crippen molar-refractivity contribution in [1.29, 1.82) is 0 Å². The summed E-state index contributed by atoms with van der Waals surface area (Å²) in [5.41, 5.74) is 0.953. The summed E-state index contributed by atoms with van der Waals surface area (Å²) in [6.45, 7) is 2.90. The Morgan fingerprint density at radius 3 is 2.92 bits per heavy atom. The number of rotatable bonds is 1. The molecule has 1 heterocycles. The lowest BCUT2D eigenvalue weighted by Crippen LogP contribution is -2.06. The van der Waals surface area contributed by atoms with E-state index in [1.54, 1.807) is 6.20 Å². The molecule has 65 valence electrons. The predicted octanol–water partition coefficient (Wildman–Crippen LogP) is 1.82. The van der Waals surface area contributed by atoms with E-state index >= 15 is 0 Å². The van der Waals surface area contributed by atoms with Crippen LogP contribution in [0, 0.1) is 6.07 Å². The summed E-state index contributed by atoms with van der Waals surface area (Å²) in [5.74, 6) is 0. The van der Waals surface area contributed by atoms with Crippen LogP contribution < -0.4 is 5.43 Å². The number of aromatic nitrogens is 1. The van der Waals surface area contributed by atoms with Gasteiger partial charge in [-0.25, -0.2) is 0 Å². The van der Waals surface area contributed by atoms with Crippen molar-refractivity contribution in [3.05, 3.63) is 46.8 Å². The molecule has 0 aliphatic heterocycles. The first-order valence-corrected chi connectivity index (χ1v) is 4.33. The molecule has 0 N–H and O–H groups in total. The van der Waals surface area contributed by atoms with Crippen LogP contribution in [0.3, 0.4) is 0 Å². The van der Waals surface area contributed by atoms with E-state index in [-0.39, 0.29) is 5.43 Å². The van der Waals surface area contributed by atoms with Gasteiger partial charge in [0.25, 0.3) is 0 Å². The van der Waals surface area contributed by atoms with Crippen LogP contribution in [0.1, 0.15) is 6.92 Å². The van der Waals surface area contributed by atoms with E-state index in [0.717, 1.165) is 17.4 Å². The average Bonchev–Trinajstić information content (AvgIpc) is 2.19. The fourth-order valence-electron chi connectivity index (χ4n) is 1.46. The summed E-state index contributed by atoms with van der Waals surface area (Å²) in [6.07, 6.45) is 1.71. The number of benzene rings is 1. The van der Waals surface area contributed by atoms with E-state index in [4.69, 9.17) is 0 Å². The number of aryl methyl sites for hydroxylation is 1. The summed E-state index contributed by atoms with van der Waals surface area (Å²) in [7, 11) is 0. The second kappa shape index (κ2) is 3.05. The van der Waals surface area contributed by atoms with Crippen molar-refractivity contribution in [2.45, 2.75) is 13.5 Å². The van der Waals surface area contributed by atoms with E-state index < -0.39 is 0 Å². The Bertz CT molecular complexity index is 485. The second-order valence-electron chi connectivity index (χ2n) is 2.91. The van der Waals surface area contributed by atoms with Crippen LogP contribution in [0.15, 0.2) is 35.3 Å². The number of pyridine rings is 1. The summed E-state index contributed by atoms with van der Waals surface area (Å²) in [4.78, 5) is 11.4. The van der Waals surface area contributed by atoms with E-state index in [2.05, 4.69) is 6.07 Å². The monoisotopic (exact) mass is 172 g/mol. The molecule has 2 nitrogen and oxygen atoms in total. The van der Waals surface area contributed by atoms with Gasteiger partial charge in [0.15, 0.2) is 5.43 Å². The van der Waals surface area contributed by atoms with Gasteiger partial charge in [0.1, 0.15) is 0 Å². The number of para-hydroxylation sites is 1. The molecule has 0 spiro atoms. The van der Waals surface area contributed by atoms with Gasteiger partial charge in [-0.05, 0) is 19.1 Å². The molecule has 0 aliphatic rings. The smallest absolute Gasteiger partial charge is 0.197 e. The summed E-state index contributed by atoms with van der Waals surface area (Å²) < 4.78 is 2.01. The summed E-state index contributed by atoms with van der Waals surface area (Å²) in [6, 6.07) is 10.3.